The summed E-state index contributed by atoms with van der Waals surface area (Å²) < 4.78 is 6.26. The highest BCUT2D eigenvalue weighted by atomic mass is 16.3. The Kier molecular flexibility index (Phi) is 7.06. The summed E-state index contributed by atoms with van der Waals surface area (Å²) in [4.78, 5) is 18.8. The van der Waals surface area contributed by atoms with Gasteiger partial charge in [0.25, 0.3) is 0 Å². The van der Waals surface area contributed by atoms with Crippen molar-refractivity contribution < 1.29 is 4.42 Å². The van der Waals surface area contributed by atoms with E-state index in [-0.39, 0.29) is 0 Å². The Labute approximate surface area is 283 Å². The topological polar surface area (TPSA) is 64.7 Å². The van der Waals surface area contributed by atoms with Gasteiger partial charge >= 0.3 is 0 Å². The Morgan fingerprint density at radius 2 is 0.959 bits per heavy atom. The van der Waals surface area contributed by atoms with Crippen LogP contribution in [0, 0.1) is 0 Å². The number of benzene rings is 5. The molecule has 9 rings (SSSR count). The maximum atomic E-state index is 6.26. The van der Waals surface area contributed by atoms with E-state index in [4.69, 9.17) is 14.4 Å². The molecular formula is C44H28N4O. The van der Waals surface area contributed by atoms with Crippen LogP contribution < -0.4 is 0 Å². The molecule has 5 heteroatoms. The van der Waals surface area contributed by atoms with Gasteiger partial charge in [-0.1, -0.05) is 84.9 Å². The fraction of sp³-hybridized carbons (Fsp3) is 0. The molecule has 230 valence electrons. The van der Waals surface area contributed by atoms with Crippen molar-refractivity contribution in [1.82, 2.24) is 19.9 Å². The molecule has 0 bridgehead atoms. The zero-order valence-corrected chi connectivity index (χ0v) is 26.4. The predicted molar refractivity (Wildman–Crippen MR) is 198 cm³/mol. The maximum absolute atomic E-state index is 6.26. The average Bonchev–Trinajstić information content (AvgIpc) is 3.57. The summed E-state index contributed by atoms with van der Waals surface area (Å²) in [5, 5.41) is 2.19. The van der Waals surface area contributed by atoms with Gasteiger partial charge in [0.1, 0.15) is 11.2 Å². The van der Waals surface area contributed by atoms with Crippen molar-refractivity contribution in [2.24, 2.45) is 0 Å². The van der Waals surface area contributed by atoms with Crippen LogP contribution in [0.3, 0.4) is 0 Å². The van der Waals surface area contributed by atoms with E-state index in [0.717, 1.165) is 83.4 Å². The van der Waals surface area contributed by atoms with Crippen LogP contribution in [-0.4, -0.2) is 19.9 Å². The number of para-hydroxylation sites is 1. The molecule has 5 aromatic carbocycles. The minimum Gasteiger partial charge on any atom is -0.456 e. The van der Waals surface area contributed by atoms with Crippen LogP contribution in [0.25, 0.3) is 89.2 Å². The summed E-state index contributed by atoms with van der Waals surface area (Å²) in [6.45, 7) is 0. The van der Waals surface area contributed by atoms with Crippen LogP contribution in [0.2, 0.25) is 0 Å². The van der Waals surface area contributed by atoms with Crippen molar-refractivity contribution >= 4 is 21.9 Å². The summed E-state index contributed by atoms with van der Waals surface area (Å²) in [6, 6.07) is 50.1. The third-order valence-electron chi connectivity index (χ3n) is 8.89. The molecule has 49 heavy (non-hydrogen) atoms. The molecule has 4 heterocycles. The van der Waals surface area contributed by atoms with Gasteiger partial charge in [-0.25, -0.2) is 9.97 Å². The number of rotatable bonds is 6. The molecule has 0 spiro atoms. The summed E-state index contributed by atoms with van der Waals surface area (Å²) in [6.07, 6.45) is 7.34. The van der Waals surface area contributed by atoms with E-state index in [2.05, 4.69) is 88.8 Å². The van der Waals surface area contributed by atoms with E-state index in [0.29, 0.717) is 5.82 Å². The minimum atomic E-state index is 0.662. The van der Waals surface area contributed by atoms with E-state index in [1.807, 2.05) is 85.3 Å². The second-order valence-corrected chi connectivity index (χ2v) is 12.0. The summed E-state index contributed by atoms with van der Waals surface area (Å²) in [5.74, 6) is 0.662. The Hall–Kier alpha value is -6.72. The minimum absolute atomic E-state index is 0.662. The van der Waals surface area contributed by atoms with E-state index in [9.17, 15) is 0 Å². The SMILES string of the molecule is c1ccc(-c2nc(-c3cc(-c4ccncc4)cc(-c4ccc(-c5cccnc5)cc4)c3)cc(-c3ccc4c(c3)oc3ccccc34)n2)cc1. The first kappa shape index (κ1) is 28.5. The number of fused-ring (bicyclic) bond motifs is 3. The van der Waals surface area contributed by atoms with Gasteiger partial charge < -0.3 is 4.42 Å². The highest BCUT2D eigenvalue weighted by molar-refractivity contribution is 6.05. The first-order valence-corrected chi connectivity index (χ1v) is 16.2. The highest BCUT2D eigenvalue weighted by Gasteiger charge is 2.15. The molecule has 9 aromatic rings. The number of hydrogen-bond donors (Lipinski definition) is 0. The Balaban J connectivity index is 1.21. The molecule has 0 N–H and O–H groups in total. The van der Waals surface area contributed by atoms with Gasteiger partial charge in [-0.2, -0.15) is 0 Å². The molecule has 0 amide bonds. The standard InChI is InChI=1S/C44H28N4O/c1-2-7-32(8-3-1)44-47-40(33-16-17-39-38-10-4-5-11-42(38)49-43(39)26-33)27-41(48-44)37-24-35(23-36(25-37)31-18-21-45-22-19-31)30-14-12-29(13-15-30)34-9-6-20-46-28-34/h1-28H. The van der Waals surface area contributed by atoms with E-state index in [1.165, 1.54) is 0 Å². The normalized spacial score (nSPS) is 11.3. The number of furan rings is 1. The fourth-order valence-corrected chi connectivity index (χ4v) is 6.39. The van der Waals surface area contributed by atoms with Gasteiger partial charge in [-0.3, -0.25) is 9.97 Å². The maximum Gasteiger partial charge on any atom is 0.160 e. The van der Waals surface area contributed by atoms with Gasteiger partial charge in [0, 0.05) is 52.3 Å². The molecule has 0 radical (unpaired) electrons. The van der Waals surface area contributed by atoms with Crippen LogP contribution >= 0.6 is 0 Å². The van der Waals surface area contributed by atoms with E-state index >= 15 is 0 Å². The number of pyridine rings is 2. The molecule has 5 nitrogen and oxygen atoms in total. The second-order valence-electron chi connectivity index (χ2n) is 12.0. The van der Waals surface area contributed by atoms with Crippen molar-refractivity contribution in [2.45, 2.75) is 0 Å². The third-order valence-corrected chi connectivity index (χ3v) is 8.89. The van der Waals surface area contributed by atoms with Crippen molar-refractivity contribution in [1.29, 1.82) is 0 Å². The Morgan fingerprint density at radius 1 is 0.347 bits per heavy atom. The number of hydrogen-bond acceptors (Lipinski definition) is 5. The van der Waals surface area contributed by atoms with Crippen LogP contribution in [0.5, 0.6) is 0 Å². The Morgan fingerprint density at radius 3 is 1.71 bits per heavy atom. The van der Waals surface area contributed by atoms with Gasteiger partial charge in [0.2, 0.25) is 0 Å². The molecule has 0 aliphatic carbocycles. The van der Waals surface area contributed by atoms with Crippen LogP contribution in [0.1, 0.15) is 0 Å². The van der Waals surface area contributed by atoms with Gasteiger partial charge in [-0.05, 0) is 94.0 Å². The zero-order chi connectivity index (χ0) is 32.6. The fourth-order valence-electron chi connectivity index (χ4n) is 6.39. The van der Waals surface area contributed by atoms with Crippen molar-refractivity contribution in [2.75, 3.05) is 0 Å². The number of aromatic nitrogens is 4. The molecular weight excluding hydrogens is 601 g/mol. The van der Waals surface area contributed by atoms with Gasteiger partial charge in [0.15, 0.2) is 5.82 Å². The van der Waals surface area contributed by atoms with E-state index < -0.39 is 0 Å². The molecule has 0 fully saturated rings. The number of nitrogens with zero attached hydrogens (tertiary/aromatic N) is 4. The molecule has 4 aromatic heterocycles. The first-order chi connectivity index (χ1) is 24.2. The average molecular weight is 629 g/mol. The first-order valence-electron chi connectivity index (χ1n) is 16.2. The third kappa shape index (κ3) is 5.53. The lowest BCUT2D eigenvalue weighted by Gasteiger charge is -2.13. The molecule has 0 saturated heterocycles. The lowest BCUT2D eigenvalue weighted by Crippen LogP contribution is -1.96. The zero-order valence-electron chi connectivity index (χ0n) is 26.4. The second kappa shape index (κ2) is 12.1. The smallest absolute Gasteiger partial charge is 0.160 e. The molecule has 0 aliphatic rings. The summed E-state index contributed by atoms with van der Waals surface area (Å²) in [5.41, 5.74) is 12.8. The van der Waals surface area contributed by atoms with Gasteiger partial charge in [-0.15, -0.1) is 0 Å². The Bertz CT molecular complexity index is 2580. The largest absolute Gasteiger partial charge is 0.456 e. The van der Waals surface area contributed by atoms with Crippen molar-refractivity contribution in [3.63, 3.8) is 0 Å². The molecule has 0 aliphatic heterocycles. The van der Waals surface area contributed by atoms with Crippen LogP contribution in [0.15, 0.2) is 175 Å². The lowest BCUT2D eigenvalue weighted by atomic mass is 9.94. The molecule has 0 unspecified atom stereocenters. The molecule has 0 saturated carbocycles. The van der Waals surface area contributed by atoms with E-state index in [1.54, 1.807) is 6.20 Å². The van der Waals surface area contributed by atoms with Crippen LogP contribution in [-0.2, 0) is 0 Å². The lowest BCUT2D eigenvalue weighted by molar-refractivity contribution is 0.669. The highest BCUT2D eigenvalue weighted by Crippen LogP contribution is 2.37. The van der Waals surface area contributed by atoms with Crippen molar-refractivity contribution in [3.05, 3.63) is 170 Å². The van der Waals surface area contributed by atoms with Crippen LogP contribution in [0.4, 0.5) is 0 Å². The predicted octanol–water partition coefficient (Wildman–Crippen LogP) is 11.2. The monoisotopic (exact) mass is 628 g/mol. The molecule has 0 atom stereocenters. The van der Waals surface area contributed by atoms with Crippen molar-refractivity contribution in [3.8, 4) is 67.3 Å². The van der Waals surface area contributed by atoms with Gasteiger partial charge in [0.05, 0.1) is 11.4 Å². The summed E-state index contributed by atoms with van der Waals surface area (Å²) >= 11 is 0. The summed E-state index contributed by atoms with van der Waals surface area (Å²) in [7, 11) is 0. The quantitative estimate of drug-likeness (QED) is 0.183.